The summed E-state index contributed by atoms with van der Waals surface area (Å²) in [6.45, 7) is 2.43. The lowest BCUT2D eigenvalue weighted by Gasteiger charge is -2.11. The highest BCUT2D eigenvalue weighted by atomic mass is 16.5. The summed E-state index contributed by atoms with van der Waals surface area (Å²) in [5.74, 6) is -0.343. The minimum atomic E-state index is -0.430. The van der Waals surface area contributed by atoms with Crippen LogP contribution in [0.25, 0.3) is 0 Å². The molecule has 1 heterocycles. The van der Waals surface area contributed by atoms with E-state index in [-0.39, 0.29) is 18.2 Å². The zero-order chi connectivity index (χ0) is 19.8. The Morgan fingerprint density at radius 2 is 1.75 bits per heavy atom. The van der Waals surface area contributed by atoms with Crippen molar-refractivity contribution in [2.24, 2.45) is 0 Å². The Balaban J connectivity index is 1.72. The van der Waals surface area contributed by atoms with Crippen LogP contribution in [0.3, 0.4) is 0 Å². The number of carbonyl (C=O) groups excluding carboxylic acids is 2. The van der Waals surface area contributed by atoms with E-state index in [1.165, 1.54) is 12.4 Å². The molecule has 0 unspecified atom stereocenters. The second kappa shape index (κ2) is 9.27. The molecule has 28 heavy (non-hydrogen) atoms. The van der Waals surface area contributed by atoms with Crippen LogP contribution in [0, 0.1) is 0 Å². The van der Waals surface area contributed by atoms with Crippen molar-refractivity contribution < 1.29 is 14.3 Å². The van der Waals surface area contributed by atoms with Crippen LogP contribution < -0.4 is 10.6 Å². The normalized spacial score (nSPS) is 10.2. The molecule has 0 bridgehead atoms. The molecule has 2 N–H and O–H groups in total. The van der Waals surface area contributed by atoms with E-state index in [9.17, 15) is 9.59 Å². The van der Waals surface area contributed by atoms with E-state index in [4.69, 9.17) is 4.74 Å². The maximum Gasteiger partial charge on any atom is 0.340 e. The van der Waals surface area contributed by atoms with Crippen molar-refractivity contribution >= 4 is 23.4 Å². The second-order valence-corrected chi connectivity index (χ2v) is 5.85. The van der Waals surface area contributed by atoms with Crippen molar-refractivity contribution in [2.45, 2.75) is 13.5 Å². The van der Waals surface area contributed by atoms with E-state index in [0.29, 0.717) is 23.6 Å². The number of nitrogens with zero attached hydrogens (tertiary/aromatic N) is 2. The lowest BCUT2D eigenvalue weighted by Crippen LogP contribution is -2.24. The van der Waals surface area contributed by atoms with Gasteiger partial charge in [0.15, 0.2) is 0 Å². The molecule has 2 aromatic carbocycles. The van der Waals surface area contributed by atoms with Gasteiger partial charge in [0.05, 0.1) is 17.9 Å². The van der Waals surface area contributed by atoms with Gasteiger partial charge in [-0.1, -0.05) is 42.5 Å². The molecule has 7 heteroatoms. The number of esters is 1. The average Bonchev–Trinajstić information content (AvgIpc) is 2.73. The number of ether oxygens (including phenoxy) is 1. The molecule has 0 atom stereocenters. The number of nitrogens with one attached hydrogen (secondary N) is 2. The molecule has 7 nitrogen and oxygen atoms in total. The van der Waals surface area contributed by atoms with Crippen LogP contribution in [0.5, 0.6) is 0 Å². The zero-order valence-electron chi connectivity index (χ0n) is 15.4. The van der Waals surface area contributed by atoms with Crippen LogP contribution in [-0.2, 0) is 11.3 Å². The third-order valence-electron chi connectivity index (χ3n) is 3.88. The van der Waals surface area contributed by atoms with Gasteiger partial charge < -0.3 is 15.4 Å². The van der Waals surface area contributed by atoms with E-state index >= 15 is 0 Å². The number of aromatic nitrogens is 2. The van der Waals surface area contributed by atoms with Crippen molar-refractivity contribution in [3.8, 4) is 0 Å². The van der Waals surface area contributed by atoms with Gasteiger partial charge in [0.25, 0.3) is 5.91 Å². The number of amides is 1. The maximum absolute atomic E-state index is 12.4. The zero-order valence-corrected chi connectivity index (χ0v) is 15.4. The first-order chi connectivity index (χ1) is 13.7. The Labute approximate surface area is 162 Å². The highest BCUT2D eigenvalue weighted by molar-refractivity contribution is 5.97. The number of hydrogen-bond acceptors (Lipinski definition) is 6. The average molecular weight is 376 g/mol. The lowest BCUT2D eigenvalue weighted by atomic mass is 10.2. The fourth-order valence-corrected chi connectivity index (χ4v) is 2.54. The molecule has 0 radical (unpaired) electrons. The summed E-state index contributed by atoms with van der Waals surface area (Å²) in [4.78, 5) is 32.6. The van der Waals surface area contributed by atoms with Crippen LogP contribution >= 0.6 is 0 Å². The van der Waals surface area contributed by atoms with Crippen LogP contribution in [0.2, 0.25) is 0 Å². The van der Waals surface area contributed by atoms with Gasteiger partial charge in [-0.2, -0.15) is 0 Å². The van der Waals surface area contributed by atoms with Gasteiger partial charge in [-0.05, 0) is 24.6 Å². The lowest BCUT2D eigenvalue weighted by molar-refractivity contribution is 0.0527. The van der Waals surface area contributed by atoms with Crippen LogP contribution in [0.15, 0.2) is 67.0 Å². The van der Waals surface area contributed by atoms with Gasteiger partial charge in [0.1, 0.15) is 17.8 Å². The quantitative estimate of drug-likeness (QED) is 0.615. The fourth-order valence-electron chi connectivity index (χ4n) is 2.54. The Morgan fingerprint density at radius 3 is 2.54 bits per heavy atom. The van der Waals surface area contributed by atoms with Gasteiger partial charge in [0.2, 0.25) is 0 Å². The van der Waals surface area contributed by atoms with Crippen molar-refractivity contribution in [1.29, 1.82) is 0 Å². The van der Waals surface area contributed by atoms with Crippen molar-refractivity contribution in [3.05, 3.63) is 83.8 Å². The molecule has 1 aromatic heterocycles. The van der Waals surface area contributed by atoms with Gasteiger partial charge in [0, 0.05) is 12.6 Å². The van der Waals surface area contributed by atoms with Gasteiger partial charge in [-0.15, -0.1) is 0 Å². The van der Waals surface area contributed by atoms with Crippen LogP contribution in [0.1, 0.15) is 33.3 Å². The molecular formula is C21H20N4O3. The monoisotopic (exact) mass is 376 g/mol. The number of hydrogen-bond donors (Lipinski definition) is 2. The minimum absolute atomic E-state index is 0.224. The van der Waals surface area contributed by atoms with E-state index in [0.717, 1.165) is 5.56 Å². The molecule has 0 spiro atoms. The molecule has 3 aromatic rings. The molecule has 142 valence electrons. The summed E-state index contributed by atoms with van der Waals surface area (Å²) >= 11 is 0. The first-order valence-corrected chi connectivity index (χ1v) is 8.84. The third kappa shape index (κ3) is 4.91. The molecule has 0 aliphatic carbocycles. The van der Waals surface area contributed by atoms with E-state index in [1.54, 1.807) is 31.2 Å². The number of para-hydroxylation sites is 1. The summed E-state index contributed by atoms with van der Waals surface area (Å²) in [7, 11) is 0. The number of rotatable bonds is 7. The molecular weight excluding hydrogens is 356 g/mol. The molecule has 3 rings (SSSR count). The van der Waals surface area contributed by atoms with E-state index in [1.807, 2.05) is 30.3 Å². The predicted molar refractivity (Wildman–Crippen MR) is 105 cm³/mol. The largest absolute Gasteiger partial charge is 0.462 e. The highest BCUT2D eigenvalue weighted by Gasteiger charge is 2.14. The third-order valence-corrected chi connectivity index (χ3v) is 3.88. The second-order valence-electron chi connectivity index (χ2n) is 5.85. The Kier molecular flexibility index (Phi) is 6.30. The number of anilines is 2. The smallest absolute Gasteiger partial charge is 0.340 e. The van der Waals surface area contributed by atoms with Crippen molar-refractivity contribution in [1.82, 2.24) is 15.3 Å². The van der Waals surface area contributed by atoms with Gasteiger partial charge >= 0.3 is 5.97 Å². The first kappa shape index (κ1) is 19.0. The molecule has 0 aliphatic heterocycles. The number of benzene rings is 2. The van der Waals surface area contributed by atoms with Crippen LogP contribution in [-0.4, -0.2) is 28.5 Å². The standard InChI is InChI=1S/C21H20N4O3/c1-2-28-21(27)16-10-6-7-11-17(16)25-19-12-18(23-14-24-19)20(26)22-13-15-8-4-3-5-9-15/h3-12,14H,2,13H2,1H3,(H,22,26)(H,23,24,25). The molecule has 0 saturated carbocycles. The summed E-state index contributed by atoms with van der Waals surface area (Å²) in [5, 5.41) is 5.87. The Morgan fingerprint density at radius 1 is 1.00 bits per heavy atom. The fraction of sp³-hybridized carbons (Fsp3) is 0.143. The summed E-state index contributed by atoms with van der Waals surface area (Å²) in [5.41, 5.74) is 2.14. The highest BCUT2D eigenvalue weighted by Crippen LogP contribution is 2.20. The summed E-state index contributed by atoms with van der Waals surface area (Å²) in [6, 6.07) is 18.1. The Hall–Kier alpha value is -3.74. The summed E-state index contributed by atoms with van der Waals surface area (Å²) in [6.07, 6.45) is 1.30. The van der Waals surface area contributed by atoms with Crippen LogP contribution in [0.4, 0.5) is 11.5 Å². The van der Waals surface area contributed by atoms with Gasteiger partial charge in [-0.25, -0.2) is 14.8 Å². The topological polar surface area (TPSA) is 93.2 Å². The van der Waals surface area contributed by atoms with Crippen molar-refractivity contribution in [3.63, 3.8) is 0 Å². The molecule has 0 aliphatic rings. The predicted octanol–water partition coefficient (Wildman–Crippen LogP) is 3.33. The SMILES string of the molecule is CCOC(=O)c1ccccc1Nc1cc(C(=O)NCc2ccccc2)ncn1. The Bertz CT molecular complexity index is 961. The first-order valence-electron chi connectivity index (χ1n) is 8.84. The van der Waals surface area contributed by atoms with Gasteiger partial charge in [-0.3, -0.25) is 4.79 Å². The summed E-state index contributed by atoms with van der Waals surface area (Å²) < 4.78 is 5.07. The van der Waals surface area contributed by atoms with E-state index < -0.39 is 5.97 Å². The molecule has 0 saturated heterocycles. The number of carbonyl (C=O) groups is 2. The molecule has 0 fully saturated rings. The molecule has 1 amide bonds. The maximum atomic E-state index is 12.4. The van der Waals surface area contributed by atoms with E-state index in [2.05, 4.69) is 20.6 Å². The minimum Gasteiger partial charge on any atom is -0.462 e. The van der Waals surface area contributed by atoms with Crippen molar-refractivity contribution in [2.75, 3.05) is 11.9 Å².